The van der Waals surface area contributed by atoms with E-state index in [1.807, 2.05) is 23.1 Å². The summed E-state index contributed by atoms with van der Waals surface area (Å²) >= 11 is 1.80. The second-order valence-corrected chi connectivity index (χ2v) is 17.5. The number of amides is 1. The molecular weight excluding hydrogens is 502 g/mol. The lowest BCUT2D eigenvalue weighted by molar-refractivity contribution is -0.118. The highest BCUT2D eigenvalue weighted by atomic mass is 32.2. The van der Waals surface area contributed by atoms with Gasteiger partial charge in [-0.3, -0.25) is 4.79 Å². The molecule has 2 aliphatic heterocycles. The molecule has 0 spiro atoms. The summed E-state index contributed by atoms with van der Waals surface area (Å²) in [5, 5.41) is 0.261. The van der Waals surface area contributed by atoms with Crippen molar-refractivity contribution in [1.82, 2.24) is 0 Å². The van der Waals surface area contributed by atoms with E-state index >= 15 is 0 Å². The van der Waals surface area contributed by atoms with Crippen LogP contribution in [0.4, 0.5) is 5.69 Å². The number of thioether (sulfide) groups is 1. The van der Waals surface area contributed by atoms with Crippen LogP contribution < -0.4 is 9.64 Å². The maximum Gasteiger partial charge on any atom is 0.228 e. The number of carbonyl (C=O) groups is 1. The summed E-state index contributed by atoms with van der Waals surface area (Å²) in [7, 11) is -0.413. The molecule has 0 aromatic heterocycles. The molecule has 2 aliphatic rings. The molecule has 0 radical (unpaired) electrons. The Bertz CT molecular complexity index is 1060. The third kappa shape index (κ3) is 6.78. The molecule has 2 aromatic carbocycles. The van der Waals surface area contributed by atoms with E-state index in [0.29, 0.717) is 19.6 Å². The van der Waals surface area contributed by atoms with Crippen molar-refractivity contribution >= 4 is 31.7 Å². The van der Waals surface area contributed by atoms with E-state index in [2.05, 4.69) is 64.2 Å². The lowest BCUT2D eigenvalue weighted by atomic mass is 10.0. The number of rotatable bonds is 10. The summed E-state index contributed by atoms with van der Waals surface area (Å²) in [6.45, 7) is 12.6. The van der Waals surface area contributed by atoms with Gasteiger partial charge in [0.25, 0.3) is 0 Å². The van der Waals surface area contributed by atoms with E-state index in [9.17, 15) is 4.79 Å². The standard InChI is InChI=1S/C29H41NO5SSi/c1-29(2,3)37(5,6)35-27-18-24(36-23-10-8-7-9-11-23)19-28(31)30-25-13-12-22(16-21(25)17-26(27)30)34-20-33-15-14-32-4/h7-13,16,24,26-27H,14-15,17-20H2,1-6H3/t24-,26+,27-/m1/s1. The molecule has 8 heteroatoms. The van der Waals surface area contributed by atoms with Gasteiger partial charge in [-0.05, 0) is 66.9 Å². The van der Waals surface area contributed by atoms with Crippen LogP contribution in [0.5, 0.6) is 5.75 Å². The molecule has 0 saturated carbocycles. The van der Waals surface area contributed by atoms with Crippen molar-refractivity contribution < 1.29 is 23.4 Å². The van der Waals surface area contributed by atoms with Gasteiger partial charge in [-0.2, -0.15) is 0 Å². The van der Waals surface area contributed by atoms with Gasteiger partial charge in [0.1, 0.15) is 5.75 Å². The number of nitrogens with zero attached hydrogens (tertiary/aromatic N) is 1. The SMILES string of the molecule is COCCOCOc1ccc2c(c1)C[C@H]1[C@H](O[Si](C)(C)C(C)(C)C)C[C@@H](Sc3ccccc3)CC(=O)N21. The predicted octanol–water partition coefficient (Wildman–Crippen LogP) is 6.29. The number of methoxy groups -OCH3 is 1. The van der Waals surface area contributed by atoms with Crippen molar-refractivity contribution in [2.75, 3.05) is 32.0 Å². The number of anilines is 1. The maximum absolute atomic E-state index is 13.7. The first-order valence-electron chi connectivity index (χ1n) is 13.1. The Hall–Kier alpha value is -1.84. The molecule has 0 aliphatic carbocycles. The lowest BCUT2D eigenvalue weighted by Crippen LogP contribution is -2.51. The molecule has 6 nitrogen and oxygen atoms in total. The van der Waals surface area contributed by atoms with Crippen molar-refractivity contribution in [1.29, 1.82) is 0 Å². The van der Waals surface area contributed by atoms with Gasteiger partial charge < -0.3 is 23.5 Å². The highest BCUT2D eigenvalue weighted by Crippen LogP contribution is 2.45. The summed E-state index contributed by atoms with van der Waals surface area (Å²) < 4.78 is 23.4. The largest absolute Gasteiger partial charge is 0.468 e. The van der Waals surface area contributed by atoms with E-state index in [0.717, 1.165) is 29.8 Å². The van der Waals surface area contributed by atoms with E-state index < -0.39 is 8.32 Å². The number of carbonyl (C=O) groups excluding carboxylic acids is 1. The minimum atomic E-state index is -2.06. The summed E-state index contributed by atoms with van der Waals surface area (Å²) in [6, 6.07) is 16.4. The van der Waals surface area contributed by atoms with Crippen molar-refractivity contribution in [2.24, 2.45) is 0 Å². The Kier molecular flexibility index (Phi) is 9.07. The van der Waals surface area contributed by atoms with Gasteiger partial charge in [0.15, 0.2) is 15.1 Å². The van der Waals surface area contributed by atoms with Crippen LogP contribution in [0.15, 0.2) is 53.4 Å². The molecule has 3 atom stereocenters. The lowest BCUT2D eigenvalue weighted by Gasteiger charge is -2.42. The molecule has 0 N–H and O–H groups in total. The minimum Gasteiger partial charge on any atom is -0.468 e. The van der Waals surface area contributed by atoms with Crippen LogP contribution in [0.3, 0.4) is 0 Å². The van der Waals surface area contributed by atoms with Gasteiger partial charge in [-0.15, -0.1) is 11.8 Å². The quantitative estimate of drug-likeness (QED) is 0.199. The molecule has 2 aromatic rings. The first-order chi connectivity index (χ1) is 17.6. The highest BCUT2D eigenvalue weighted by Gasteiger charge is 2.47. The van der Waals surface area contributed by atoms with Crippen molar-refractivity contribution in [3.63, 3.8) is 0 Å². The third-order valence-electron chi connectivity index (χ3n) is 7.71. The molecule has 202 valence electrons. The Morgan fingerprint density at radius 3 is 2.51 bits per heavy atom. The average molecular weight is 544 g/mol. The first-order valence-corrected chi connectivity index (χ1v) is 16.9. The number of fused-ring (bicyclic) bond motifs is 3. The number of ether oxygens (including phenoxy) is 3. The maximum atomic E-state index is 13.7. The van der Waals surface area contributed by atoms with E-state index in [-0.39, 0.29) is 35.1 Å². The summed E-state index contributed by atoms with van der Waals surface area (Å²) in [5.41, 5.74) is 2.11. The molecule has 37 heavy (non-hydrogen) atoms. The Morgan fingerprint density at radius 2 is 1.81 bits per heavy atom. The van der Waals surface area contributed by atoms with Gasteiger partial charge >= 0.3 is 0 Å². The topological polar surface area (TPSA) is 57.2 Å². The van der Waals surface area contributed by atoms with Gasteiger partial charge in [-0.1, -0.05) is 39.0 Å². The zero-order valence-electron chi connectivity index (χ0n) is 23.0. The van der Waals surface area contributed by atoms with Crippen LogP contribution in [0.25, 0.3) is 0 Å². The van der Waals surface area contributed by atoms with Crippen LogP contribution >= 0.6 is 11.8 Å². The Morgan fingerprint density at radius 1 is 1.05 bits per heavy atom. The van der Waals surface area contributed by atoms with Crippen molar-refractivity contribution in [3.05, 3.63) is 54.1 Å². The van der Waals surface area contributed by atoms with E-state index in [1.54, 1.807) is 18.9 Å². The van der Waals surface area contributed by atoms with Gasteiger partial charge in [-0.25, -0.2) is 0 Å². The zero-order valence-corrected chi connectivity index (χ0v) is 24.8. The fraction of sp³-hybridized carbons (Fsp3) is 0.552. The first kappa shape index (κ1) is 28.2. The minimum absolute atomic E-state index is 0.00815. The predicted molar refractivity (Wildman–Crippen MR) is 152 cm³/mol. The third-order valence-corrected chi connectivity index (χ3v) is 13.4. The van der Waals surface area contributed by atoms with Crippen LogP contribution in [0, 0.1) is 0 Å². The number of hydrogen-bond donors (Lipinski definition) is 0. The molecule has 0 unspecified atom stereocenters. The van der Waals surface area contributed by atoms with E-state index in [4.69, 9.17) is 18.6 Å². The van der Waals surface area contributed by atoms with Crippen molar-refractivity contribution in [2.45, 2.75) is 80.5 Å². The van der Waals surface area contributed by atoms with Crippen LogP contribution in [-0.4, -0.2) is 58.7 Å². The van der Waals surface area contributed by atoms with Gasteiger partial charge in [0.2, 0.25) is 5.91 Å². The van der Waals surface area contributed by atoms with E-state index in [1.165, 1.54) is 4.90 Å². The number of benzene rings is 2. The van der Waals surface area contributed by atoms with Gasteiger partial charge in [0.05, 0.1) is 25.4 Å². The molecule has 4 rings (SSSR count). The molecule has 1 fully saturated rings. The second kappa shape index (κ2) is 11.9. The molecule has 1 saturated heterocycles. The summed E-state index contributed by atoms with van der Waals surface area (Å²) in [5.74, 6) is 0.927. The number of hydrogen-bond acceptors (Lipinski definition) is 6. The molecule has 0 bridgehead atoms. The fourth-order valence-corrected chi connectivity index (χ4v) is 7.30. The molecule has 1 amide bonds. The summed E-state index contributed by atoms with van der Waals surface area (Å²) in [4.78, 5) is 17.0. The second-order valence-electron chi connectivity index (χ2n) is 11.4. The smallest absolute Gasteiger partial charge is 0.228 e. The Labute approximate surface area is 227 Å². The molecular formula is C29H41NO5SSi. The van der Waals surface area contributed by atoms with Crippen LogP contribution in [0.2, 0.25) is 18.1 Å². The zero-order chi connectivity index (χ0) is 26.6. The normalized spacial score (nSPS) is 21.9. The molecule has 2 heterocycles. The monoisotopic (exact) mass is 543 g/mol. The highest BCUT2D eigenvalue weighted by molar-refractivity contribution is 8.00. The van der Waals surface area contributed by atoms with Crippen LogP contribution in [0.1, 0.15) is 39.2 Å². The van der Waals surface area contributed by atoms with Gasteiger partial charge in [0, 0.05) is 29.4 Å². The average Bonchev–Trinajstić information content (AvgIpc) is 3.17. The van der Waals surface area contributed by atoms with Crippen LogP contribution in [-0.2, 0) is 25.1 Å². The van der Waals surface area contributed by atoms with Crippen molar-refractivity contribution in [3.8, 4) is 5.75 Å². The summed E-state index contributed by atoms with van der Waals surface area (Å²) in [6.07, 6.45) is 2.09. The Balaban J connectivity index is 1.57. The fourth-order valence-electron chi connectivity index (χ4n) is 4.73.